The first-order chi connectivity index (χ1) is 26.3. The Morgan fingerprint density at radius 1 is 0.759 bits per heavy atom. The van der Waals surface area contributed by atoms with E-state index in [0.29, 0.717) is 12.1 Å². The van der Waals surface area contributed by atoms with Crippen molar-refractivity contribution in [3.63, 3.8) is 0 Å². The molecule has 6 heteroatoms. The Hall–Kier alpha value is -3.64. The summed E-state index contributed by atoms with van der Waals surface area (Å²) in [6.07, 6.45) is 15.4. The quantitative estimate of drug-likeness (QED) is 0.0584. The third-order valence-electron chi connectivity index (χ3n) is 12.6. The lowest BCUT2D eigenvalue weighted by Crippen LogP contribution is -2.57. The molecule has 3 atom stereocenters. The summed E-state index contributed by atoms with van der Waals surface area (Å²) in [6, 6.07) is 33.3. The first-order valence-corrected chi connectivity index (χ1v) is 24.3. The number of allylic oxidation sites excluding steroid dienone is 1. The van der Waals surface area contributed by atoms with E-state index in [2.05, 4.69) is 45.9 Å². The minimum Gasteiger partial charge on any atom is -0.444 e. The minimum absolute atomic E-state index is 0.0691. The van der Waals surface area contributed by atoms with Crippen LogP contribution in [0.15, 0.2) is 97.1 Å². The van der Waals surface area contributed by atoms with Crippen LogP contribution in [0.1, 0.15) is 133 Å². The zero-order valence-corrected chi connectivity index (χ0v) is 35.0. The van der Waals surface area contributed by atoms with Gasteiger partial charge in [-0.3, -0.25) is 14.6 Å². The number of nitrogens with zero attached hydrogens (tertiary/aromatic N) is 2. The van der Waals surface area contributed by atoms with Crippen LogP contribution in [0.3, 0.4) is 0 Å². The van der Waals surface area contributed by atoms with Crippen LogP contribution in [-0.2, 0) is 16.8 Å². The number of hydrogen-bond acceptors (Lipinski definition) is 3. The molecule has 0 spiro atoms. The number of likely N-dealkylation sites (tertiary alicyclic amines) is 1. The lowest BCUT2D eigenvalue weighted by atomic mass is 9.67. The number of carbonyl (C=O) groups is 2. The van der Waals surface area contributed by atoms with Gasteiger partial charge in [-0.25, -0.2) is 4.79 Å². The first kappa shape index (κ1) is 41.5. The number of unbranched alkanes of at least 4 members (excludes halogenated alkanes) is 9. The van der Waals surface area contributed by atoms with Crippen molar-refractivity contribution < 1.29 is 14.3 Å². The number of anilines is 1. The zero-order chi connectivity index (χ0) is 38.4. The number of ether oxygens (including phenoxy) is 1. The number of hydrogen-bond donors (Lipinski definition) is 0. The summed E-state index contributed by atoms with van der Waals surface area (Å²) in [5, 5.41) is 0. The van der Waals surface area contributed by atoms with Crippen molar-refractivity contribution in [3.8, 4) is 0 Å². The molecule has 0 radical (unpaired) electrons. The smallest absolute Gasteiger partial charge is 0.411 e. The van der Waals surface area contributed by atoms with Gasteiger partial charge >= 0.3 is 6.09 Å². The van der Waals surface area contributed by atoms with Crippen molar-refractivity contribution in [2.24, 2.45) is 5.92 Å². The third-order valence-corrected chi connectivity index (χ3v) is 18.2. The molecule has 2 heterocycles. The van der Waals surface area contributed by atoms with Crippen LogP contribution in [0, 0.1) is 5.92 Å². The molecule has 0 N–H and O–H groups in total. The lowest BCUT2D eigenvalue weighted by Gasteiger charge is -2.46. The van der Waals surface area contributed by atoms with Crippen molar-refractivity contribution in [3.05, 3.63) is 114 Å². The Kier molecular flexibility index (Phi) is 15.6. The average molecular weight is 749 g/mol. The third kappa shape index (κ3) is 9.59. The molecule has 0 bridgehead atoms. The van der Waals surface area contributed by atoms with Crippen molar-refractivity contribution >= 4 is 25.8 Å². The fourth-order valence-electron chi connectivity index (χ4n) is 9.85. The van der Waals surface area contributed by atoms with Crippen LogP contribution in [-0.4, -0.2) is 37.7 Å². The van der Waals surface area contributed by atoms with E-state index < -0.39 is 19.7 Å². The van der Waals surface area contributed by atoms with Crippen molar-refractivity contribution in [1.82, 2.24) is 4.90 Å². The molecule has 1 unspecified atom stereocenters. The van der Waals surface area contributed by atoms with Crippen LogP contribution < -0.4 is 4.90 Å². The first-order valence-electron chi connectivity index (χ1n) is 21.4. The zero-order valence-electron chi connectivity index (χ0n) is 34.0. The van der Waals surface area contributed by atoms with Crippen LogP contribution in [0.4, 0.5) is 10.5 Å². The second-order valence-electron chi connectivity index (χ2n) is 16.5. The summed E-state index contributed by atoms with van der Waals surface area (Å²) in [5.74, 6) is 0.0692. The van der Waals surface area contributed by atoms with E-state index >= 15 is 0 Å². The van der Waals surface area contributed by atoms with Crippen LogP contribution >= 0.6 is 0 Å². The molecule has 1 saturated heterocycles. The minimum atomic E-state index is -1.85. The highest BCUT2D eigenvalue weighted by molar-refractivity contribution is 6.80. The van der Waals surface area contributed by atoms with E-state index in [1.807, 2.05) is 76.5 Å². The molecule has 0 aromatic heterocycles. The molecule has 0 aliphatic carbocycles. The maximum absolute atomic E-state index is 14.9. The van der Waals surface area contributed by atoms with E-state index in [1.165, 1.54) is 106 Å². The van der Waals surface area contributed by atoms with E-state index in [-0.39, 0.29) is 24.5 Å². The van der Waals surface area contributed by atoms with E-state index in [9.17, 15) is 9.59 Å². The van der Waals surface area contributed by atoms with E-state index in [0.717, 1.165) is 23.7 Å². The van der Waals surface area contributed by atoms with Gasteiger partial charge in [0.15, 0.2) is 0 Å². The number of benzene rings is 3. The van der Waals surface area contributed by atoms with Gasteiger partial charge in [-0.1, -0.05) is 195 Å². The molecule has 54 heavy (non-hydrogen) atoms. The highest BCUT2D eigenvalue weighted by Crippen LogP contribution is 2.60. The molecule has 292 valence electrons. The largest absolute Gasteiger partial charge is 0.444 e. The molecular weight excluding hydrogens is 681 g/mol. The van der Waals surface area contributed by atoms with Crippen molar-refractivity contribution in [2.45, 2.75) is 154 Å². The van der Waals surface area contributed by atoms with Crippen LogP contribution in [0.5, 0.6) is 0 Å². The van der Waals surface area contributed by atoms with Gasteiger partial charge in [0.1, 0.15) is 12.8 Å². The molecular formula is C48H68N2O3Si. The average Bonchev–Trinajstić information content (AvgIpc) is 3.72. The Morgan fingerprint density at radius 2 is 1.30 bits per heavy atom. The van der Waals surface area contributed by atoms with Gasteiger partial charge in [-0.15, -0.1) is 0 Å². The maximum atomic E-state index is 14.9. The van der Waals surface area contributed by atoms with Gasteiger partial charge in [-0.2, -0.15) is 0 Å². The number of amides is 2. The molecule has 5 rings (SSSR count). The summed E-state index contributed by atoms with van der Waals surface area (Å²) < 4.78 is 6.10. The van der Waals surface area contributed by atoms with Crippen LogP contribution in [0.2, 0.25) is 24.2 Å². The predicted molar refractivity (Wildman–Crippen MR) is 229 cm³/mol. The molecule has 3 aromatic carbocycles. The SMILES string of the molecule is C=C(C)C(C[Si](CCCCCC)(CCCCCC)CCCCCC)[C@@]12CCN(C(=O)OCc3ccccc3)[C@@H]1N(C(=O)c1ccccc1)c1ccccc12. The second kappa shape index (κ2) is 20.3. The molecule has 2 amide bonds. The number of carbonyl (C=O) groups excluding carboxylic acids is 2. The fourth-order valence-corrected chi connectivity index (χ4v) is 15.8. The van der Waals surface area contributed by atoms with Gasteiger partial charge in [0.05, 0.1) is 13.8 Å². The van der Waals surface area contributed by atoms with E-state index in [1.54, 1.807) is 0 Å². The van der Waals surface area contributed by atoms with Crippen LogP contribution in [0.25, 0.3) is 0 Å². The van der Waals surface area contributed by atoms with Crippen molar-refractivity contribution in [2.75, 3.05) is 11.4 Å². The molecule has 3 aromatic rings. The van der Waals surface area contributed by atoms with Gasteiger partial charge in [0.2, 0.25) is 0 Å². The van der Waals surface area contributed by atoms with E-state index in [4.69, 9.17) is 11.3 Å². The Balaban J connectivity index is 1.61. The number of fused-ring (bicyclic) bond motifs is 3. The summed E-state index contributed by atoms with van der Waals surface area (Å²) in [7, 11) is -1.85. The lowest BCUT2D eigenvalue weighted by molar-refractivity contribution is 0.0771. The molecule has 2 aliphatic heterocycles. The summed E-state index contributed by atoms with van der Waals surface area (Å²) in [6.45, 7) is 14.7. The Morgan fingerprint density at radius 3 is 1.85 bits per heavy atom. The topological polar surface area (TPSA) is 49.9 Å². The van der Waals surface area contributed by atoms with Gasteiger partial charge < -0.3 is 4.74 Å². The van der Waals surface area contributed by atoms with Gasteiger partial charge in [-0.05, 0) is 54.6 Å². The standard InChI is InChI=1S/C48H68N2O3Si/c1-6-9-12-23-34-54(35-24-13-10-7-2,36-25-14-11-8-3)38-43(39(4)5)48-32-33-49(47(52)53-37-40-26-17-15-18-27-40)46(48)50(44-31-22-21-30-42(44)48)45(51)41-28-19-16-20-29-41/h15-22,26-31,43,46H,4,6-14,23-25,32-38H2,1-3,5H3/t43?,46-,48+/m1/s1. The maximum Gasteiger partial charge on any atom is 0.411 e. The van der Waals surface area contributed by atoms with Gasteiger partial charge in [0, 0.05) is 17.5 Å². The second-order valence-corrected chi connectivity index (χ2v) is 21.4. The monoisotopic (exact) mass is 748 g/mol. The van der Waals surface area contributed by atoms with Gasteiger partial charge in [0.25, 0.3) is 5.91 Å². The number of rotatable bonds is 22. The summed E-state index contributed by atoms with van der Waals surface area (Å²) >= 11 is 0. The summed E-state index contributed by atoms with van der Waals surface area (Å²) in [5.41, 5.74) is 4.41. The number of para-hydroxylation sites is 1. The molecule has 1 fully saturated rings. The molecule has 0 saturated carbocycles. The highest BCUT2D eigenvalue weighted by atomic mass is 28.3. The summed E-state index contributed by atoms with van der Waals surface area (Å²) in [4.78, 5) is 33.1. The Bertz CT molecular complexity index is 1600. The predicted octanol–water partition coefficient (Wildman–Crippen LogP) is 13.3. The Labute approximate surface area is 328 Å². The normalized spacial score (nSPS) is 18.3. The fraction of sp³-hybridized carbons (Fsp3) is 0.542. The molecule has 5 nitrogen and oxygen atoms in total. The highest BCUT2D eigenvalue weighted by Gasteiger charge is 2.64. The molecule has 2 aliphatic rings. The van der Waals surface area contributed by atoms with Crippen molar-refractivity contribution in [1.29, 1.82) is 0 Å².